The van der Waals surface area contributed by atoms with E-state index in [-0.39, 0.29) is 6.04 Å². The molecule has 0 radical (unpaired) electrons. The molecule has 0 spiro atoms. The van der Waals surface area contributed by atoms with Crippen LogP contribution in [-0.4, -0.2) is 4.98 Å². The van der Waals surface area contributed by atoms with Crippen molar-refractivity contribution in [2.75, 3.05) is 0 Å². The number of aryl methyl sites for hydroxylation is 2. The highest BCUT2D eigenvalue weighted by Crippen LogP contribution is 2.53. The lowest BCUT2D eigenvalue weighted by molar-refractivity contribution is 0.594. The van der Waals surface area contributed by atoms with E-state index in [2.05, 4.69) is 55.2 Å². The van der Waals surface area contributed by atoms with Crippen LogP contribution in [0.15, 0.2) is 42.6 Å². The monoisotopic (exact) mass is 252 g/mol. The molecular weight excluding hydrogens is 232 g/mol. The maximum Gasteiger partial charge on any atom is 0.0603 e. The molecule has 2 aromatic rings. The predicted molar refractivity (Wildman–Crippen MR) is 77.9 cm³/mol. The third kappa shape index (κ3) is 2.41. The number of hydrogen-bond acceptors (Lipinski definition) is 2. The maximum absolute atomic E-state index is 6.42. The molecule has 0 amide bonds. The SMILES string of the molecule is Cc1cnc(C(N)C2CC2c2ccccc2)c(C)c1. The number of nitrogens with two attached hydrogens (primary N) is 1. The van der Waals surface area contributed by atoms with Crippen LogP contribution in [0.2, 0.25) is 0 Å². The van der Waals surface area contributed by atoms with Gasteiger partial charge in [0.2, 0.25) is 0 Å². The first-order valence-corrected chi connectivity index (χ1v) is 6.90. The molecule has 0 aliphatic heterocycles. The van der Waals surface area contributed by atoms with E-state index >= 15 is 0 Å². The number of pyridine rings is 1. The van der Waals surface area contributed by atoms with Gasteiger partial charge in [0.1, 0.15) is 0 Å². The Labute approximate surface area is 114 Å². The molecule has 98 valence electrons. The maximum atomic E-state index is 6.42. The fourth-order valence-corrected chi connectivity index (χ4v) is 2.97. The zero-order valence-electron chi connectivity index (χ0n) is 11.5. The molecule has 1 heterocycles. The van der Waals surface area contributed by atoms with E-state index in [1.54, 1.807) is 0 Å². The first-order valence-electron chi connectivity index (χ1n) is 6.90. The van der Waals surface area contributed by atoms with Gasteiger partial charge >= 0.3 is 0 Å². The minimum absolute atomic E-state index is 0.0609. The summed E-state index contributed by atoms with van der Waals surface area (Å²) in [7, 11) is 0. The van der Waals surface area contributed by atoms with Crippen molar-refractivity contribution in [1.82, 2.24) is 4.98 Å². The Bertz CT molecular complexity index is 577. The molecule has 1 saturated carbocycles. The molecule has 0 saturated heterocycles. The molecule has 2 nitrogen and oxygen atoms in total. The highest BCUT2D eigenvalue weighted by molar-refractivity contribution is 5.31. The van der Waals surface area contributed by atoms with Gasteiger partial charge in [-0.15, -0.1) is 0 Å². The average Bonchev–Trinajstić information content (AvgIpc) is 3.19. The van der Waals surface area contributed by atoms with Crippen LogP contribution in [0.1, 0.15) is 40.8 Å². The molecule has 1 aliphatic carbocycles. The van der Waals surface area contributed by atoms with Gasteiger partial charge < -0.3 is 5.73 Å². The van der Waals surface area contributed by atoms with Crippen molar-refractivity contribution >= 4 is 0 Å². The second-order valence-corrected chi connectivity index (χ2v) is 5.66. The van der Waals surface area contributed by atoms with Gasteiger partial charge in [-0.25, -0.2) is 0 Å². The van der Waals surface area contributed by atoms with Crippen molar-refractivity contribution in [3.05, 3.63) is 65.0 Å². The molecule has 1 fully saturated rings. The zero-order chi connectivity index (χ0) is 13.4. The summed E-state index contributed by atoms with van der Waals surface area (Å²) < 4.78 is 0. The standard InChI is InChI=1S/C17H20N2/c1-11-8-12(2)17(19-10-11)16(18)15-9-14(15)13-6-4-3-5-7-13/h3-8,10,14-16H,9,18H2,1-2H3. The minimum Gasteiger partial charge on any atom is -0.322 e. The Morgan fingerprint density at radius 3 is 2.63 bits per heavy atom. The summed E-state index contributed by atoms with van der Waals surface area (Å²) >= 11 is 0. The molecule has 1 aliphatic rings. The van der Waals surface area contributed by atoms with E-state index < -0.39 is 0 Å². The Morgan fingerprint density at radius 2 is 1.95 bits per heavy atom. The second kappa shape index (κ2) is 4.78. The summed E-state index contributed by atoms with van der Waals surface area (Å²) in [5.74, 6) is 1.15. The Morgan fingerprint density at radius 1 is 1.21 bits per heavy atom. The number of aromatic nitrogens is 1. The lowest BCUT2D eigenvalue weighted by Gasteiger charge is -2.14. The van der Waals surface area contributed by atoms with Crippen molar-refractivity contribution in [3.63, 3.8) is 0 Å². The third-order valence-corrected chi connectivity index (χ3v) is 4.10. The molecule has 2 N–H and O–H groups in total. The lowest BCUT2D eigenvalue weighted by atomic mass is 10.00. The first-order chi connectivity index (χ1) is 9.16. The van der Waals surface area contributed by atoms with E-state index in [1.165, 1.54) is 23.1 Å². The van der Waals surface area contributed by atoms with Crippen molar-refractivity contribution in [1.29, 1.82) is 0 Å². The van der Waals surface area contributed by atoms with E-state index in [0.717, 1.165) is 5.69 Å². The second-order valence-electron chi connectivity index (χ2n) is 5.66. The Balaban J connectivity index is 1.78. The van der Waals surface area contributed by atoms with Crippen LogP contribution >= 0.6 is 0 Å². The van der Waals surface area contributed by atoms with E-state index in [4.69, 9.17) is 5.73 Å². The molecule has 2 heteroatoms. The number of hydrogen-bond donors (Lipinski definition) is 1. The summed E-state index contributed by atoms with van der Waals surface area (Å²) in [5, 5.41) is 0. The van der Waals surface area contributed by atoms with Gasteiger partial charge in [-0.05, 0) is 48.8 Å². The molecule has 19 heavy (non-hydrogen) atoms. The normalized spacial score (nSPS) is 23.1. The number of benzene rings is 1. The van der Waals surface area contributed by atoms with Crippen molar-refractivity contribution in [2.24, 2.45) is 11.7 Å². The van der Waals surface area contributed by atoms with Crippen molar-refractivity contribution < 1.29 is 0 Å². The van der Waals surface area contributed by atoms with Gasteiger partial charge in [0.15, 0.2) is 0 Å². The summed E-state index contributed by atoms with van der Waals surface area (Å²) in [6.45, 7) is 4.17. The van der Waals surface area contributed by atoms with Crippen LogP contribution in [0.4, 0.5) is 0 Å². The summed E-state index contributed by atoms with van der Waals surface area (Å²) in [4.78, 5) is 4.54. The molecule has 0 bridgehead atoms. The molecule has 1 aromatic carbocycles. The Hall–Kier alpha value is -1.67. The van der Waals surface area contributed by atoms with E-state index in [0.29, 0.717) is 11.8 Å². The van der Waals surface area contributed by atoms with Crippen LogP contribution in [0.25, 0.3) is 0 Å². The number of nitrogens with zero attached hydrogens (tertiary/aromatic N) is 1. The lowest BCUT2D eigenvalue weighted by Crippen LogP contribution is -2.16. The summed E-state index contributed by atoms with van der Waals surface area (Å²) in [6, 6.07) is 12.9. The largest absolute Gasteiger partial charge is 0.322 e. The molecule has 3 rings (SSSR count). The van der Waals surface area contributed by atoms with Gasteiger partial charge in [0, 0.05) is 6.20 Å². The Kier molecular flexibility index (Phi) is 3.11. The average molecular weight is 252 g/mol. The smallest absolute Gasteiger partial charge is 0.0603 e. The molecule has 1 aromatic heterocycles. The topological polar surface area (TPSA) is 38.9 Å². The van der Waals surface area contributed by atoms with Crippen LogP contribution in [-0.2, 0) is 0 Å². The number of rotatable bonds is 3. The predicted octanol–water partition coefficient (Wildman–Crippen LogP) is 3.50. The highest BCUT2D eigenvalue weighted by Gasteiger charge is 2.43. The molecule has 3 atom stereocenters. The summed E-state index contributed by atoms with van der Waals surface area (Å²) in [5.41, 5.74) is 11.3. The molecular formula is C17H20N2. The van der Waals surface area contributed by atoms with E-state index in [1.807, 2.05) is 6.20 Å². The van der Waals surface area contributed by atoms with Gasteiger partial charge in [-0.1, -0.05) is 36.4 Å². The fourth-order valence-electron chi connectivity index (χ4n) is 2.97. The van der Waals surface area contributed by atoms with Crippen LogP contribution in [0, 0.1) is 19.8 Å². The van der Waals surface area contributed by atoms with Gasteiger partial charge in [-0.2, -0.15) is 0 Å². The van der Waals surface area contributed by atoms with Gasteiger partial charge in [0.25, 0.3) is 0 Å². The van der Waals surface area contributed by atoms with Crippen molar-refractivity contribution in [3.8, 4) is 0 Å². The van der Waals surface area contributed by atoms with E-state index in [9.17, 15) is 0 Å². The molecule has 3 unspecified atom stereocenters. The summed E-state index contributed by atoms with van der Waals surface area (Å²) in [6.07, 6.45) is 3.10. The van der Waals surface area contributed by atoms with Crippen LogP contribution in [0.3, 0.4) is 0 Å². The third-order valence-electron chi connectivity index (χ3n) is 4.10. The van der Waals surface area contributed by atoms with Gasteiger partial charge in [0.05, 0.1) is 11.7 Å². The van der Waals surface area contributed by atoms with Crippen LogP contribution < -0.4 is 5.73 Å². The van der Waals surface area contributed by atoms with Crippen LogP contribution in [0.5, 0.6) is 0 Å². The highest BCUT2D eigenvalue weighted by atomic mass is 14.8. The fraction of sp³-hybridized carbons (Fsp3) is 0.353. The zero-order valence-corrected chi connectivity index (χ0v) is 11.5. The van der Waals surface area contributed by atoms with Gasteiger partial charge in [-0.3, -0.25) is 4.98 Å². The first kappa shape index (κ1) is 12.4. The minimum atomic E-state index is 0.0609. The quantitative estimate of drug-likeness (QED) is 0.908. The van der Waals surface area contributed by atoms with Crippen molar-refractivity contribution in [2.45, 2.75) is 32.2 Å².